The Morgan fingerprint density at radius 2 is 1.88 bits per heavy atom. The highest BCUT2D eigenvalue weighted by atomic mass is 19.1. The molecule has 1 aliphatic heterocycles. The largest absolute Gasteiger partial charge is 0.381 e. The van der Waals surface area contributed by atoms with Gasteiger partial charge in [0.15, 0.2) is 0 Å². The van der Waals surface area contributed by atoms with Crippen LogP contribution in [0.5, 0.6) is 0 Å². The number of fused-ring (bicyclic) bond motifs is 1. The van der Waals surface area contributed by atoms with E-state index >= 15 is 0 Å². The fourth-order valence-corrected chi connectivity index (χ4v) is 3.92. The molecule has 5 heteroatoms. The SMILES string of the molecule is Cc1ccccc1C1(CNc2ncnc3c(F)cccc23)CCOCC1. The zero-order valence-electron chi connectivity index (χ0n) is 14.8. The zero-order chi connectivity index (χ0) is 18.0. The number of ether oxygens (including phenoxy) is 1. The molecule has 4 nitrogen and oxygen atoms in total. The standard InChI is InChI=1S/C21H22FN3O/c1-15-5-2-3-7-17(15)21(9-11-26-12-10-21)13-23-20-16-6-4-8-18(22)19(16)24-14-25-20/h2-8,14H,9-13H2,1H3,(H,23,24,25). The number of aromatic nitrogens is 2. The van der Waals surface area contributed by atoms with E-state index in [2.05, 4.69) is 46.5 Å². The van der Waals surface area contributed by atoms with Gasteiger partial charge >= 0.3 is 0 Å². The lowest BCUT2D eigenvalue weighted by Gasteiger charge is -2.39. The summed E-state index contributed by atoms with van der Waals surface area (Å²) < 4.78 is 19.6. The van der Waals surface area contributed by atoms with E-state index in [9.17, 15) is 4.39 Å². The minimum absolute atomic E-state index is 0.0197. The number of nitrogens with one attached hydrogen (secondary N) is 1. The number of aryl methyl sites for hydroxylation is 1. The number of hydrogen-bond acceptors (Lipinski definition) is 4. The van der Waals surface area contributed by atoms with Gasteiger partial charge in [0.25, 0.3) is 0 Å². The van der Waals surface area contributed by atoms with Crippen molar-refractivity contribution in [3.63, 3.8) is 0 Å². The Labute approximate surface area is 152 Å². The fourth-order valence-electron chi connectivity index (χ4n) is 3.92. The second kappa shape index (κ2) is 7.00. The molecule has 2 aromatic carbocycles. The first kappa shape index (κ1) is 16.9. The Bertz CT molecular complexity index is 922. The molecule has 0 atom stereocenters. The van der Waals surface area contributed by atoms with E-state index in [1.165, 1.54) is 23.5 Å². The van der Waals surface area contributed by atoms with Gasteiger partial charge < -0.3 is 10.1 Å². The average Bonchev–Trinajstić information content (AvgIpc) is 2.68. The van der Waals surface area contributed by atoms with Gasteiger partial charge in [0.05, 0.1) is 0 Å². The van der Waals surface area contributed by atoms with Crippen molar-refractivity contribution in [2.24, 2.45) is 0 Å². The molecule has 3 aromatic rings. The monoisotopic (exact) mass is 351 g/mol. The summed E-state index contributed by atoms with van der Waals surface area (Å²) in [5.74, 6) is 0.349. The Balaban J connectivity index is 1.68. The van der Waals surface area contributed by atoms with Crippen LogP contribution in [-0.2, 0) is 10.2 Å². The lowest BCUT2D eigenvalue weighted by molar-refractivity contribution is 0.0542. The first-order valence-electron chi connectivity index (χ1n) is 8.97. The molecule has 0 radical (unpaired) electrons. The third-order valence-corrected chi connectivity index (χ3v) is 5.38. The van der Waals surface area contributed by atoms with Crippen LogP contribution in [0.1, 0.15) is 24.0 Å². The van der Waals surface area contributed by atoms with Crippen LogP contribution in [0.25, 0.3) is 10.9 Å². The van der Waals surface area contributed by atoms with Crippen molar-refractivity contribution in [2.45, 2.75) is 25.2 Å². The highest BCUT2D eigenvalue weighted by Crippen LogP contribution is 2.37. The number of halogens is 1. The Morgan fingerprint density at radius 1 is 1.08 bits per heavy atom. The fraction of sp³-hybridized carbons (Fsp3) is 0.333. The topological polar surface area (TPSA) is 47.0 Å². The van der Waals surface area contributed by atoms with Crippen LogP contribution in [0.3, 0.4) is 0 Å². The predicted octanol–water partition coefficient (Wildman–Crippen LogP) is 4.24. The first-order valence-corrected chi connectivity index (χ1v) is 8.97. The minimum Gasteiger partial charge on any atom is -0.381 e. The molecule has 4 rings (SSSR count). The van der Waals surface area contributed by atoms with Gasteiger partial charge in [-0.1, -0.05) is 30.3 Å². The molecule has 134 valence electrons. The van der Waals surface area contributed by atoms with Crippen LogP contribution in [0, 0.1) is 12.7 Å². The van der Waals surface area contributed by atoms with Gasteiger partial charge in [0.1, 0.15) is 23.5 Å². The van der Waals surface area contributed by atoms with Gasteiger partial charge in [0, 0.05) is 30.6 Å². The number of hydrogen-bond donors (Lipinski definition) is 1. The normalized spacial score (nSPS) is 16.5. The molecule has 0 amide bonds. The van der Waals surface area contributed by atoms with Gasteiger partial charge in [-0.3, -0.25) is 0 Å². The van der Waals surface area contributed by atoms with Crippen molar-refractivity contribution in [3.05, 3.63) is 65.7 Å². The molecule has 0 saturated carbocycles. The van der Waals surface area contributed by atoms with Crippen LogP contribution in [0.15, 0.2) is 48.8 Å². The van der Waals surface area contributed by atoms with Gasteiger partial charge in [-0.25, -0.2) is 14.4 Å². The number of benzene rings is 2. The minimum atomic E-state index is -0.326. The molecule has 1 saturated heterocycles. The quantitative estimate of drug-likeness (QED) is 0.764. The van der Waals surface area contributed by atoms with Crippen LogP contribution in [0.2, 0.25) is 0 Å². The van der Waals surface area contributed by atoms with Gasteiger partial charge in [-0.15, -0.1) is 0 Å². The van der Waals surface area contributed by atoms with E-state index in [1.54, 1.807) is 6.07 Å². The van der Waals surface area contributed by atoms with Gasteiger partial charge in [0.2, 0.25) is 0 Å². The molecule has 0 bridgehead atoms. The number of rotatable bonds is 4. The molecule has 1 N–H and O–H groups in total. The zero-order valence-corrected chi connectivity index (χ0v) is 14.8. The summed E-state index contributed by atoms with van der Waals surface area (Å²) in [5.41, 5.74) is 2.96. The summed E-state index contributed by atoms with van der Waals surface area (Å²) in [6.45, 7) is 4.37. The first-order chi connectivity index (χ1) is 12.7. The highest BCUT2D eigenvalue weighted by molar-refractivity contribution is 5.89. The van der Waals surface area contributed by atoms with E-state index < -0.39 is 0 Å². The van der Waals surface area contributed by atoms with Crippen molar-refractivity contribution >= 4 is 16.7 Å². The Hall–Kier alpha value is -2.53. The Morgan fingerprint density at radius 3 is 2.69 bits per heavy atom. The molecule has 2 heterocycles. The molecule has 0 aliphatic carbocycles. The second-order valence-electron chi connectivity index (χ2n) is 6.92. The third-order valence-electron chi connectivity index (χ3n) is 5.38. The van der Waals surface area contributed by atoms with E-state index in [1.807, 2.05) is 6.07 Å². The summed E-state index contributed by atoms with van der Waals surface area (Å²) in [7, 11) is 0. The maximum atomic E-state index is 14.0. The van der Waals surface area contributed by atoms with E-state index in [0.29, 0.717) is 16.7 Å². The lowest BCUT2D eigenvalue weighted by atomic mass is 9.72. The predicted molar refractivity (Wildman–Crippen MR) is 101 cm³/mol. The van der Waals surface area contributed by atoms with Crippen molar-refractivity contribution < 1.29 is 9.13 Å². The number of nitrogens with zero attached hydrogens (tertiary/aromatic N) is 2. The van der Waals surface area contributed by atoms with E-state index in [-0.39, 0.29) is 11.2 Å². The van der Waals surface area contributed by atoms with Gasteiger partial charge in [-0.05, 0) is 43.0 Å². The summed E-state index contributed by atoms with van der Waals surface area (Å²) in [4.78, 5) is 8.44. The van der Waals surface area contributed by atoms with E-state index in [0.717, 1.165) is 32.6 Å². The third kappa shape index (κ3) is 3.03. The summed E-state index contributed by atoms with van der Waals surface area (Å²) in [6, 6.07) is 13.5. The van der Waals surface area contributed by atoms with Crippen LogP contribution < -0.4 is 5.32 Å². The molecular formula is C21H22FN3O. The lowest BCUT2D eigenvalue weighted by Crippen LogP contribution is -2.40. The molecule has 26 heavy (non-hydrogen) atoms. The highest BCUT2D eigenvalue weighted by Gasteiger charge is 2.35. The summed E-state index contributed by atoms with van der Waals surface area (Å²) >= 11 is 0. The Kier molecular flexibility index (Phi) is 4.55. The van der Waals surface area contributed by atoms with Crippen molar-refractivity contribution in [1.82, 2.24) is 9.97 Å². The molecule has 1 fully saturated rings. The molecule has 0 unspecified atom stereocenters. The molecule has 1 aromatic heterocycles. The van der Waals surface area contributed by atoms with Crippen LogP contribution in [0.4, 0.5) is 10.2 Å². The summed E-state index contributed by atoms with van der Waals surface area (Å²) in [5, 5.41) is 4.19. The maximum Gasteiger partial charge on any atom is 0.149 e. The number of anilines is 1. The maximum absolute atomic E-state index is 14.0. The van der Waals surface area contributed by atoms with Crippen LogP contribution in [-0.4, -0.2) is 29.7 Å². The van der Waals surface area contributed by atoms with E-state index in [4.69, 9.17) is 4.74 Å². The van der Waals surface area contributed by atoms with Crippen molar-refractivity contribution in [2.75, 3.05) is 25.1 Å². The molecular weight excluding hydrogens is 329 g/mol. The summed E-state index contributed by atoms with van der Waals surface area (Å²) in [6.07, 6.45) is 3.31. The van der Waals surface area contributed by atoms with Crippen molar-refractivity contribution in [3.8, 4) is 0 Å². The van der Waals surface area contributed by atoms with Crippen LogP contribution >= 0.6 is 0 Å². The molecule has 0 spiro atoms. The smallest absolute Gasteiger partial charge is 0.149 e. The number of para-hydroxylation sites is 1. The average molecular weight is 351 g/mol. The van der Waals surface area contributed by atoms with Crippen molar-refractivity contribution in [1.29, 1.82) is 0 Å². The molecule has 1 aliphatic rings. The van der Waals surface area contributed by atoms with Gasteiger partial charge in [-0.2, -0.15) is 0 Å². The second-order valence-corrected chi connectivity index (χ2v) is 6.92.